The lowest BCUT2D eigenvalue weighted by molar-refractivity contribution is 0.168. The Hall–Kier alpha value is -0.120. The molecular formula is C15H30N2O. The molecule has 2 rings (SSSR count). The molecule has 3 nitrogen and oxygen atoms in total. The van der Waals surface area contributed by atoms with Gasteiger partial charge in [-0.15, -0.1) is 0 Å². The summed E-state index contributed by atoms with van der Waals surface area (Å²) in [6.07, 6.45) is 1.36. The van der Waals surface area contributed by atoms with Crippen molar-refractivity contribution < 1.29 is 4.74 Å². The van der Waals surface area contributed by atoms with E-state index in [1.807, 2.05) is 0 Å². The molecule has 1 N–H and O–H groups in total. The molecule has 3 unspecified atom stereocenters. The van der Waals surface area contributed by atoms with Gasteiger partial charge in [-0.25, -0.2) is 0 Å². The molecular weight excluding hydrogens is 224 g/mol. The highest BCUT2D eigenvalue weighted by molar-refractivity contribution is 4.88. The number of hydrogen-bond acceptors (Lipinski definition) is 3. The van der Waals surface area contributed by atoms with Crippen molar-refractivity contribution in [2.75, 3.05) is 39.4 Å². The van der Waals surface area contributed by atoms with Crippen molar-refractivity contribution >= 4 is 0 Å². The van der Waals surface area contributed by atoms with Gasteiger partial charge in [-0.1, -0.05) is 27.7 Å². The maximum absolute atomic E-state index is 5.64. The van der Waals surface area contributed by atoms with Crippen LogP contribution in [0.1, 0.15) is 34.1 Å². The van der Waals surface area contributed by atoms with Gasteiger partial charge in [0.1, 0.15) is 0 Å². The van der Waals surface area contributed by atoms with Crippen molar-refractivity contribution in [1.82, 2.24) is 10.2 Å². The lowest BCUT2D eigenvalue weighted by atomic mass is 9.80. The minimum atomic E-state index is 0.460. The van der Waals surface area contributed by atoms with Gasteiger partial charge in [0.2, 0.25) is 0 Å². The van der Waals surface area contributed by atoms with Gasteiger partial charge in [-0.05, 0) is 30.8 Å². The first-order valence-electron chi connectivity index (χ1n) is 7.54. The summed E-state index contributed by atoms with van der Waals surface area (Å²) in [5.41, 5.74) is 0.460. The van der Waals surface area contributed by atoms with Gasteiger partial charge in [0.05, 0.1) is 13.2 Å². The van der Waals surface area contributed by atoms with Gasteiger partial charge in [0.15, 0.2) is 0 Å². The molecule has 18 heavy (non-hydrogen) atoms. The lowest BCUT2D eigenvalue weighted by Gasteiger charge is -2.28. The Labute approximate surface area is 112 Å². The maximum Gasteiger partial charge on any atom is 0.0623 e. The molecule has 3 atom stereocenters. The third-order valence-electron chi connectivity index (χ3n) is 4.65. The summed E-state index contributed by atoms with van der Waals surface area (Å²) in [5.74, 6) is 1.54. The van der Waals surface area contributed by atoms with E-state index in [2.05, 4.69) is 37.9 Å². The molecule has 2 heterocycles. The SMILES string of the molecule is CCNC1COCC1CN1CCC(C(C)(C)C)C1. The zero-order chi connectivity index (χ0) is 13.2. The fourth-order valence-corrected chi connectivity index (χ4v) is 3.30. The number of hydrogen-bond donors (Lipinski definition) is 1. The molecule has 0 radical (unpaired) electrons. The van der Waals surface area contributed by atoms with E-state index in [9.17, 15) is 0 Å². The summed E-state index contributed by atoms with van der Waals surface area (Å²) in [6.45, 7) is 16.0. The minimum Gasteiger partial charge on any atom is -0.379 e. The van der Waals surface area contributed by atoms with Crippen molar-refractivity contribution in [3.63, 3.8) is 0 Å². The van der Waals surface area contributed by atoms with Crippen LogP contribution in [0.3, 0.4) is 0 Å². The maximum atomic E-state index is 5.64. The molecule has 2 saturated heterocycles. The second-order valence-electron chi connectivity index (χ2n) is 7.07. The van der Waals surface area contributed by atoms with E-state index in [1.54, 1.807) is 0 Å². The first-order valence-corrected chi connectivity index (χ1v) is 7.54. The number of likely N-dealkylation sites (tertiary alicyclic amines) is 1. The number of likely N-dealkylation sites (N-methyl/N-ethyl adjacent to an activating group) is 1. The van der Waals surface area contributed by atoms with E-state index < -0.39 is 0 Å². The molecule has 2 aliphatic rings. The van der Waals surface area contributed by atoms with Crippen LogP contribution < -0.4 is 5.32 Å². The van der Waals surface area contributed by atoms with Crippen LogP contribution in [0, 0.1) is 17.3 Å². The Morgan fingerprint density at radius 2 is 2.06 bits per heavy atom. The highest BCUT2D eigenvalue weighted by Gasteiger charge is 2.35. The zero-order valence-corrected chi connectivity index (χ0v) is 12.5. The monoisotopic (exact) mass is 254 g/mol. The molecule has 106 valence electrons. The van der Waals surface area contributed by atoms with E-state index in [4.69, 9.17) is 4.74 Å². The van der Waals surface area contributed by atoms with E-state index in [0.717, 1.165) is 25.7 Å². The van der Waals surface area contributed by atoms with Gasteiger partial charge >= 0.3 is 0 Å². The van der Waals surface area contributed by atoms with Gasteiger partial charge in [0, 0.05) is 25.0 Å². The van der Waals surface area contributed by atoms with E-state index >= 15 is 0 Å². The molecule has 2 fully saturated rings. The Kier molecular flexibility index (Phi) is 4.68. The van der Waals surface area contributed by atoms with E-state index in [1.165, 1.54) is 26.1 Å². The smallest absolute Gasteiger partial charge is 0.0623 e. The van der Waals surface area contributed by atoms with Gasteiger partial charge in [-0.3, -0.25) is 0 Å². The number of rotatable bonds is 4. The second-order valence-corrected chi connectivity index (χ2v) is 7.07. The van der Waals surface area contributed by atoms with E-state index in [0.29, 0.717) is 17.4 Å². The fraction of sp³-hybridized carbons (Fsp3) is 1.00. The highest BCUT2D eigenvalue weighted by Crippen LogP contribution is 2.34. The van der Waals surface area contributed by atoms with Crippen LogP contribution in [0.4, 0.5) is 0 Å². The number of nitrogens with zero attached hydrogens (tertiary/aromatic N) is 1. The van der Waals surface area contributed by atoms with Gasteiger partial charge in [0.25, 0.3) is 0 Å². The number of nitrogens with one attached hydrogen (secondary N) is 1. The summed E-state index contributed by atoms with van der Waals surface area (Å²) in [6, 6.07) is 0.573. The summed E-state index contributed by atoms with van der Waals surface area (Å²) in [4.78, 5) is 2.65. The van der Waals surface area contributed by atoms with Crippen molar-refractivity contribution in [1.29, 1.82) is 0 Å². The first kappa shape index (κ1) is 14.3. The normalized spacial score (nSPS) is 34.3. The average molecular weight is 254 g/mol. The Morgan fingerprint density at radius 1 is 1.28 bits per heavy atom. The van der Waals surface area contributed by atoms with Crippen molar-refractivity contribution in [2.45, 2.75) is 40.2 Å². The Bertz CT molecular complexity index is 262. The lowest BCUT2D eigenvalue weighted by Crippen LogP contribution is -2.41. The molecule has 0 aromatic rings. The van der Waals surface area contributed by atoms with Crippen LogP contribution in [-0.2, 0) is 4.74 Å². The van der Waals surface area contributed by atoms with Crippen molar-refractivity contribution in [2.24, 2.45) is 17.3 Å². The summed E-state index contributed by atoms with van der Waals surface area (Å²) < 4.78 is 5.64. The van der Waals surface area contributed by atoms with Gasteiger partial charge < -0.3 is 15.0 Å². The molecule has 0 saturated carbocycles. The van der Waals surface area contributed by atoms with Crippen molar-refractivity contribution in [3.8, 4) is 0 Å². The van der Waals surface area contributed by atoms with Crippen LogP contribution in [0.2, 0.25) is 0 Å². The molecule has 0 aromatic heterocycles. The van der Waals surface area contributed by atoms with Crippen LogP contribution in [0.25, 0.3) is 0 Å². The van der Waals surface area contributed by atoms with Crippen LogP contribution in [0.5, 0.6) is 0 Å². The molecule has 2 aliphatic heterocycles. The van der Waals surface area contributed by atoms with Crippen molar-refractivity contribution in [3.05, 3.63) is 0 Å². The molecule has 0 spiro atoms. The standard InChI is InChI=1S/C15H30N2O/c1-5-16-14-11-18-10-12(14)8-17-7-6-13(9-17)15(2,3)4/h12-14,16H,5-11H2,1-4H3. The predicted octanol–water partition coefficient (Wildman–Crippen LogP) is 1.98. The third kappa shape index (κ3) is 3.46. The first-order chi connectivity index (χ1) is 8.50. The zero-order valence-electron chi connectivity index (χ0n) is 12.5. The van der Waals surface area contributed by atoms with E-state index in [-0.39, 0.29) is 0 Å². The summed E-state index contributed by atoms with van der Waals surface area (Å²) in [7, 11) is 0. The molecule has 0 amide bonds. The molecule has 0 aliphatic carbocycles. The largest absolute Gasteiger partial charge is 0.379 e. The summed E-state index contributed by atoms with van der Waals surface area (Å²) >= 11 is 0. The number of ether oxygens (including phenoxy) is 1. The third-order valence-corrected chi connectivity index (χ3v) is 4.65. The quantitative estimate of drug-likeness (QED) is 0.830. The average Bonchev–Trinajstić information content (AvgIpc) is 2.89. The molecule has 0 bridgehead atoms. The predicted molar refractivity (Wildman–Crippen MR) is 75.8 cm³/mol. The molecule has 3 heteroatoms. The topological polar surface area (TPSA) is 24.5 Å². The van der Waals surface area contributed by atoms with Crippen LogP contribution in [-0.4, -0.2) is 50.3 Å². The second kappa shape index (κ2) is 5.89. The fourth-order valence-electron chi connectivity index (χ4n) is 3.30. The van der Waals surface area contributed by atoms with Crippen LogP contribution in [0.15, 0.2) is 0 Å². The highest BCUT2D eigenvalue weighted by atomic mass is 16.5. The Balaban J connectivity index is 1.80. The van der Waals surface area contributed by atoms with Crippen LogP contribution >= 0.6 is 0 Å². The minimum absolute atomic E-state index is 0.460. The van der Waals surface area contributed by atoms with Gasteiger partial charge in [-0.2, -0.15) is 0 Å². The summed E-state index contributed by atoms with van der Waals surface area (Å²) in [5, 5.41) is 3.56. The molecule has 0 aromatic carbocycles. The Morgan fingerprint density at radius 3 is 2.67 bits per heavy atom.